The largest absolute Gasteiger partial charge is 0.454 e. The first-order valence-electron chi connectivity index (χ1n) is 10.9. The minimum Gasteiger partial charge on any atom is -0.454 e. The summed E-state index contributed by atoms with van der Waals surface area (Å²) in [6, 6.07) is 15.5. The Morgan fingerprint density at radius 2 is 1.76 bits per heavy atom. The van der Waals surface area contributed by atoms with Gasteiger partial charge in [-0.3, -0.25) is 14.4 Å². The fourth-order valence-electron chi connectivity index (χ4n) is 3.44. The summed E-state index contributed by atoms with van der Waals surface area (Å²) in [5.41, 5.74) is 7.63. The quantitative estimate of drug-likeness (QED) is 0.460. The van der Waals surface area contributed by atoms with E-state index in [-0.39, 0.29) is 31.2 Å². The molecule has 0 bridgehead atoms. The van der Waals surface area contributed by atoms with E-state index in [1.54, 1.807) is 24.3 Å². The van der Waals surface area contributed by atoms with E-state index in [4.69, 9.17) is 22.1 Å². The van der Waals surface area contributed by atoms with E-state index in [1.807, 2.05) is 42.5 Å². The molecule has 1 aliphatic rings. The number of amides is 2. The molecule has 3 atom stereocenters. The molecule has 8 heteroatoms. The summed E-state index contributed by atoms with van der Waals surface area (Å²) in [6.07, 6.45) is 3.54. The van der Waals surface area contributed by atoms with Crippen LogP contribution in [0.2, 0.25) is 5.02 Å². The molecule has 0 saturated heterocycles. The van der Waals surface area contributed by atoms with Gasteiger partial charge in [0.25, 0.3) is 0 Å². The average molecular weight is 470 g/mol. The second-order valence-corrected chi connectivity index (χ2v) is 8.37. The van der Waals surface area contributed by atoms with Crippen molar-refractivity contribution in [2.45, 2.75) is 38.0 Å². The zero-order valence-corrected chi connectivity index (χ0v) is 19.0. The van der Waals surface area contributed by atoms with Crippen molar-refractivity contribution in [3.8, 4) is 0 Å². The highest BCUT2D eigenvalue weighted by Crippen LogP contribution is 2.19. The van der Waals surface area contributed by atoms with Crippen LogP contribution in [-0.2, 0) is 25.7 Å². The van der Waals surface area contributed by atoms with E-state index < -0.39 is 24.0 Å². The molecule has 1 heterocycles. The molecule has 2 amide bonds. The molecule has 33 heavy (non-hydrogen) atoms. The number of nitrogens with one attached hydrogen (secondary N) is 2. The molecule has 4 N–H and O–H groups in total. The third kappa shape index (κ3) is 7.73. The number of ether oxygens (including phenoxy) is 1. The number of hydrogen-bond acceptors (Lipinski definition) is 5. The summed E-state index contributed by atoms with van der Waals surface area (Å²) in [5, 5.41) is 6.30. The zero-order chi connectivity index (χ0) is 23.6. The predicted molar refractivity (Wildman–Crippen MR) is 126 cm³/mol. The number of carbonyl (C=O) groups is 3. The predicted octanol–water partition coefficient (Wildman–Crippen LogP) is 3.04. The highest BCUT2D eigenvalue weighted by Gasteiger charge is 2.26. The number of halogens is 1. The molecule has 0 saturated carbocycles. The first-order valence-corrected chi connectivity index (χ1v) is 11.2. The Balaban J connectivity index is 1.66. The number of rotatable bonds is 5. The summed E-state index contributed by atoms with van der Waals surface area (Å²) < 4.78 is 5.58. The highest BCUT2D eigenvalue weighted by atomic mass is 35.5. The van der Waals surface area contributed by atoms with Crippen LogP contribution in [0.25, 0.3) is 0 Å². The third-order valence-corrected chi connectivity index (χ3v) is 5.63. The molecule has 0 radical (unpaired) electrons. The van der Waals surface area contributed by atoms with Crippen LogP contribution >= 0.6 is 11.6 Å². The highest BCUT2D eigenvalue weighted by molar-refractivity contribution is 6.30. The Morgan fingerprint density at radius 3 is 2.48 bits per heavy atom. The van der Waals surface area contributed by atoms with Gasteiger partial charge in [0.05, 0.1) is 12.5 Å². The van der Waals surface area contributed by atoms with Gasteiger partial charge >= 0.3 is 5.97 Å². The Labute approximate surface area is 198 Å². The van der Waals surface area contributed by atoms with Gasteiger partial charge in [0.2, 0.25) is 11.8 Å². The summed E-state index contributed by atoms with van der Waals surface area (Å²) in [4.78, 5) is 37.8. The van der Waals surface area contributed by atoms with Gasteiger partial charge < -0.3 is 21.1 Å². The van der Waals surface area contributed by atoms with E-state index in [1.165, 1.54) is 0 Å². The third-order valence-electron chi connectivity index (χ3n) is 5.38. The topological polar surface area (TPSA) is 111 Å². The Bertz CT molecular complexity index is 979. The maximum absolute atomic E-state index is 12.9. The molecule has 0 fully saturated rings. The summed E-state index contributed by atoms with van der Waals surface area (Å²) in [5.74, 6) is -1.59. The lowest BCUT2D eigenvalue weighted by Crippen LogP contribution is -2.39. The van der Waals surface area contributed by atoms with E-state index in [9.17, 15) is 14.4 Å². The number of nitrogens with two attached hydrogens (primary N) is 1. The molecule has 174 valence electrons. The van der Waals surface area contributed by atoms with Crippen molar-refractivity contribution < 1.29 is 19.1 Å². The first-order chi connectivity index (χ1) is 15.9. The van der Waals surface area contributed by atoms with Crippen LogP contribution in [-0.4, -0.2) is 30.4 Å². The summed E-state index contributed by atoms with van der Waals surface area (Å²) >= 11 is 5.89. The van der Waals surface area contributed by atoms with Crippen molar-refractivity contribution in [2.24, 2.45) is 11.7 Å². The summed E-state index contributed by atoms with van der Waals surface area (Å²) in [7, 11) is 0. The van der Waals surface area contributed by atoms with Crippen molar-refractivity contribution in [3.63, 3.8) is 0 Å². The van der Waals surface area contributed by atoms with Gasteiger partial charge in [-0.25, -0.2) is 0 Å². The minimum atomic E-state index is -0.802. The second kappa shape index (κ2) is 12.2. The Morgan fingerprint density at radius 1 is 1.06 bits per heavy atom. The van der Waals surface area contributed by atoms with Crippen LogP contribution in [0.1, 0.15) is 36.5 Å². The first kappa shape index (κ1) is 24.5. The molecule has 0 aliphatic carbocycles. The number of allylic oxidation sites excluding steroid dienone is 1. The van der Waals surface area contributed by atoms with Crippen molar-refractivity contribution in [1.29, 1.82) is 0 Å². The molecule has 2 aromatic carbocycles. The normalized spacial score (nSPS) is 22.8. The molecule has 2 aromatic rings. The maximum atomic E-state index is 12.9. The smallest absolute Gasteiger partial charge is 0.323 e. The zero-order valence-electron chi connectivity index (χ0n) is 18.2. The maximum Gasteiger partial charge on any atom is 0.323 e. The lowest BCUT2D eigenvalue weighted by atomic mass is 9.98. The van der Waals surface area contributed by atoms with Crippen molar-refractivity contribution >= 4 is 29.4 Å². The molecular formula is C25H28ClN3O4. The average Bonchev–Trinajstić information content (AvgIpc) is 2.82. The minimum absolute atomic E-state index is 0.0333. The number of esters is 1. The van der Waals surface area contributed by atoms with E-state index in [0.717, 1.165) is 11.1 Å². The molecule has 3 rings (SSSR count). The fourth-order valence-corrected chi connectivity index (χ4v) is 3.57. The molecule has 1 aliphatic heterocycles. The number of hydrogen-bond donors (Lipinski definition) is 3. The Hall–Kier alpha value is -3.16. The van der Waals surface area contributed by atoms with Gasteiger partial charge in [0.1, 0.15) is 12.1 Å². The number of benzene rings is 2. The molecule has 0 spiro atoms. The van der Waals surface area contributed by atoms with E-state index >= 15 is 0 Å². The summed E-state index contributed by atoms with van der Waals surface area (Å²) in [6.45, 7) is 0.439. The second-order valence-electron chi connectivity index (χ2n) is 7.93. The van der Waals surface area contributed by atoms with Gasteiger partial charge in [-0.05, 0) is 36.1 Å². The fraction of sp³-hybridized carbons (Fsp3) is 0.320. The number of carbonyl (C=O) groups excluding carboxylic acids is 3. The van der Waals surface area contributed by atoms with E-state index in [0.29, 0.717) is 18.0 Å². The van der Waals surface area contributed by atoms with Gasteiger partial charge in [-0.1, -0.05) is 66.2 Å². The van der Waals surface area contributed by atoms with Crippen LogP contribution in [0.15, 0.2) is 66.7 Å². The van der Waals surface area contributed by atoms with Crippen LogP contribution in [0.4, 0.5) is 0 Å². The van der Waals surface area contributed by atoms with Crippen LogP contribution in [0.5, 0.6) is 0 Å². The monoisotopic (exact) mass is 469 g/mol. The lowest BCUT2D eigenvalue weighted by molar-refractivity contribution is -0.151. The Kier molecular flexibility index (Phi) is 9.04. The van der Waals surface area contributed by atoms with Crippen LogP contribution in [0, 0.1) is 5.92 Å². The van der Waals surface area contributed by atoms with Gasteiger partial charge in [0.15, 0.2) is 0 Å². The van der Waals surface area contributed by atoms with Gasteiger partial charge in [-0.15, -0.1) is 0 Å². The van der Waals surface area contributed by atoms with Crippen LogP contribution < -0.4 is 16.4 Å². The molecular weight excluding hydrogens is 442 g/mol. The molecule has 0 aromatic heterocycles. The molecule has 0 unspecified atom stereocenters. The van der Waals surface area contributed by atoms with Gasteiger partial charge in [0, 0.05) is 18.0 Å². The van der Waals surface area contributed by atoms with Crippen molar-refractivity contribution in [2.75, 3.05) is 6.54 Å². The van der Waals surface area contributed by atoms with Crippen molar-refractivity contribution in [3.05, 3.63) is 82.9 Å². The molecule has 7 nitrogen and oxygen atoms in total. The lowest BCUT2D eigenvalue weighted by Gasteiger charge is -2.23. The van der Waals surface area contributed by atoms with Crippen LogP contribution in [0.3, 0.4) is 0 Å². The van der Waals surface area contributed by atoms with Crippen molar-refractivity contribution in [1.82, 2.24) is 10.6 Å². The number of cyclic esters (lactones) is 1. The van der Waals surface area contributed by atoms with E-state index in [2.05, 4.69) is 10.6 Å². The standard InChI is InChI=1S/C25H28ClN3O4/c26-20-12-10-17(11-13-20)15-28-23(30)14-19-8-4-5-9-21(27)25(32)33-22(16-29-24(19)31)18-6-2-1-3-7-18/h1-7,10-13,19,21-22H,8-9,14-16,27H2,(H,28,30)(H,29,31)/b5-4+/t19-,21+,22-/m0/s1. The van der Waals surface area contributed by atoms with Gasteiger partial charge in [-0.2, -0.15) is 0 Å². The SMILES string of the molecule is N[C@@H]1C/C=C/C[C@@H](CC(=O)NCc2ccc(Cl)cc2)C(=O)NC[C@@H](c2ccccc2)OC1=O.